The number of carbonyl (C=O) groups is 1. The maximum absolute atomic E-state index is 11.8. The van der Waals surface area contributed by atoms with E-state index in [4.69, 9.17) is 0 Å². The highest BCUT2D eigenvalue weighted by atomic mass is 32.1. The molecule has 2 heterocycles. The lowest BCUT2D eigenvalue weighted by Gasteiger charge is -2.06. The summed E-state index contributed by atoms with van der Waals surface area (Å²) < 4.78 is 1.77. The van der Waals surface area contributed by atoms with E-state index < -0.39 is 0 Å². The van der Waals surface area contributed by atoms with E-state index in [0.717, 1.165) is 11.1 Å². The molecule has 0 unspecified atom stereocenters. The maximum atomic E-state index is 11.8. The highest BCUT2D eigenvalue weighted by Gasteiger charge is 2.05. The molecule has 0 spiro atoms. The largest absolute Gasteiger partial charge is 0.348 e. The number of benzene rings is 1. The van der Waals surface area contributed by atoms with Gasteiger partial charge in [0.15, 0.2) is 0 Å². The van der Waals surface area contributed by atoms with Gasteiger partial charge < -0.3 is 5.32 Å². The third-order valence-corrected chi connectivity index (χ3v) is 3.75. The van der Waals surface area contributed by atoms with E-state index in [2.05, 4.69) is 15.4 Å². The normalized spacial score (nSPS) is 10.5. The van der Waals surface area contributed by atoms with Crippen LogP contribution in [0.5, 0.6) is 0 Å². The monoisotopic (exact) mass is 298 g/mol. The number of nitrogens with one attached hydrogen (secondary N) is 1. The molecule has 0 aliphatic heterocycles. The number of thiophene rings is 1. The van der Waals surface area contributed by atoms with Crippen LogP contribution >= 0.6 is 11.3 Å². The lowest BCUT2D eigenvalue weighted by molar-refractivity contribution is 0.0951. The molecule has 0 aliphatic rings. The number of amides is 1. The van der Waals surface area contributed by atoms with Crippen molar-refractivity contribution < 1.29 is 4.79 Å². The molecule has 5 nitrogen and oxygen atoms in total. The minimum Gasteiger partial charge on any atom is -0.348 e. The average Bonchev–Trinajstić information content (AvgIpc) is 3.19. The number of carbonyl (C=O) groups excluding carboxylic acids is 1. The molecule has 2 aromatic heterocycles. The van der Waals surface area contributed by atoms with Gasteiger partial charge in [-0.25, -0.2) is 9.67 Å². The minimum atomic E-state index is -0.0389. The van der Waals surface area contributed by atoms with Crippen LogP contribution in [0, 0.1) is 0 Å². The zero-order valence-electron chi connectivity index (χ0n) is 11.3. The van der Waals surface area contributed by atoms with E-state index in [-0.39, 0.29) is 5.91 Å². The smallest absolute Gasteiger partial charge is 0.252 e. The first-order valence-corrected chi connectivity index (χ1v) is 7.46. The SMILES string of the molecule is O=C(NCc1ccc(Cn2cncn2)cc1)c1ccsc1. The molecule has 1 aromatic carbocycles. The fourth-order valence-electron chi connectivity index (χ4n) is 1.94. The molecule has 1 amide bonds. The van der Waals surface area contributed by atoms with Crippen LogP contribution in [0.1, 0.15) is 21.5 Å². The van der Waals surface area contributed by atoms with E-state index in [1.165, 1.54) is 17.7 Å². The van der Waals surface area contributed by atoms with Crippen molar-refractivity contribution in [1.82, 2.24) is 20.1 Å². The summed E-state index contributed by atoms with van der Waals surface area (Å²) in [6.45, 7) is 1.22. The van der Waals surface area contributed by atoms with Crippen LogP contribution in [0.25, 0.3) is 0 Å². The van der Waals surface area contributed by atoms with Gasteiger partial charge in [0.25, 0.3) is 5.91 Å². The van der Waals surface area contributed by atoms with Gasteiger partial charge in [-0.2, -0.15) is 16.4 Å². The van der Waals surface area contributed by atoms with Gasteiger partial charge in [-0.15, -0.1) is 0 Å². The van der Waals surface area contributed by atoms with E-state index in [1.807, 2.05) is 41.1 Å². The molecular formula is C15H14N4OS. The fourth-order valence-corrected chi connectivity index (χ4v) is 2.58. The minimum absolute atomic E-state index is 0.0389. The first kappa shape index (κ1) is 13.5. The molecular weight excluding hydrogens is 284 g/mol. The Morgan fingerprint density at radius 3 is 2.67 bits per heavy atom. The van der Waals surface area contributed by atoms with Gasteiger partial charge in [-0.1, -0.05) is 24.3 Å². The summed E-state index contributed by atoms with van der Waals surface area (Å²) in [5.74, 6) is -0.0389. The summed E-state index contributed by atoms with van der Waals surface area (Å²) in [6, 6.07) is 9.92. The lowest BCUT2D eigenvalue weighted by Crippen LogP contribution is -2.22. The molecule has 0 aliphatic carbocycles. The van der Waals surface area contributed by atoms with Crippen molar-refractivity contribution in [3.05, 3.63) is 70.4 Å². The Morgan fingerprint density at radius 2 is 2.00 bits per heavy atom. The molecule has 3 aromatic rings. The van der Waals surface area contributed by atoms with Crippen molar-refractivity contribution in [2.24, 2.45) is 0 Å². The topological polar surface area (TPSA) is 59.8 Å². The third-order valence-electron chi connectivity index (χ3n) is 3.07. The van der Waals surface area contributed by atoms with Gasteiger partial charge in [-0.3, -0.25) is 4.79 Å². The highest BCUT2D eigenvalue weighted by Crippen LogP contribution is 2.08. The number of aromatic nitrogens is 3. The van der Waals surface area contributed by atoms with Gasteiger partial charge in [0.2, 0.25) is 0 Å². The quantitative estimate of drug-likeness (QED) is 0.786. The Morgan fingerprint density at radius 1 is 1.19 bits per heavy atom. The molecule has 0 saturated carbocycles. The lowest BCUT2D eigenvalue weighted by atomic mass is 10.1. The molecule has 0 saturated heterocycles. The number of hydrogen-bond donors (Lipinski definition) is 1. The first-order chi connectivity index (χ1) is 10.3. The van der Waals surface area contributed by atoms with Crippen LogP contribution in [0.2, 0.25) is 0 Å². The van der Waals surface area contributed by atoms with Gasteiger partial charge in [0.05, 0.1) is 6.54 Å². The maximum Gasteiger partial charge on any atom is 0.252 e. The van der Waals surface area contributed by atoms with Gasteiger partial charge in [-0.05, 0) is 22.6 Å². The summed E-state index contributed by atoms with van der Waals surface area (Å²) >= 11 is 1.52. The number of hydrogen-bond acceptors (Lipinski definition) is 4. The van der Waals surface area contributed by atoms with Crippen LogP contribution < -0.4 is 5.32 Å². The molecule has 0 fully saturated rings. The summed E-state index contributed by atoms with van der Waals surface area (Å²) in [5, 5.41) is 10.7. The predicted molar refractivity (Wildman–Crippen MR) is 81.1 cm³/mol. The molecule has 3 rings (SSSR count). The second-order valence-electron chi connectivity index (χ2n) is 4.60. The van der Waals surface area contributed by atoms with Crippen molar-refractivity contribution in [2.75, 3.05) is 0 Å². The third kappa shape index (κ3) is 3.55. The van der Waals surface area contributed by atoms with Crippen molar-refractivity contribution in [1.29, 1.82) is 0 Å². The zero-order valence-corrected chi connectivity index (χ0v) is 12.1. The molecule has 106 valence electrons. The molecule has 0 atom stereocenters. The Labute approximate surface area is 126 Å². The molecule has 0 radical (unpaired) electrons. The number of rotatable bonds is 5. The second-order valence-corrected chi connectivity index (χ2v) is 5.38. The summed E-state index contributed by atoms with van der Waals surface area (Å²) in [7, 11) is 0. The zero-order chi connectivity index (χ0) is 14.5. The van der Waals surface area contributed by atoms with Crippen molar-refractivity contribution in [2.45, 2.75) is 13.1 Å². The van der Waals surface area contributed by atoms with Crippen LogP contribution in [-0.4, -0.2) is 20.7 Å². The van der Waals surface area contributed by atoms with Gasteiger partial charge in [0, 0.05) is 17.5 Å². The number of nitrogens with zero attached hydrogens (tertiary/aromatic N) is 3. The van der Waals surface area contributed by atoms with Crippen LogP contribution in [-0.2, 0) is 13.1 Å². The predicted octanol–water partition coefficient (Wildman–Crippen LogP) is 2.32. The Bertz CT molecular complexity index is 690. The Kier molecular flexibility index (Phi) is 4.07. The molecule has 21 heavy (non-hydrogen) atoms. The van der Waals surface area contributed by atoms with E-state index in [9.17, 15) is 4.79 Å². The first-order valence-electron chi connectivity index (χ1n) is 6.52. The van der Waals surface area contributed by atoms with Crippen LogP contribution in [0.4, 0.5) is 0 Å². The van der Waals surface area contributed by atoms with Crippen LogP contribution in [0.3, 0.4) is 0 Å². The summed E-state index contributed by atoms with van der Waals surface area (Å²) in [6.07, 6.45) is 3.21. The Balaban J connectivity index is 1.56. The highest BCUT2D eigenvalue weighted by molar-refractivity contribution is 7.08. The van der Waals surface area contributed by atoms with E-state index in [1.54, 1.807) is 11.0 Å². The van der Waals surface area contributed by atoms with Gasteiger partial charge in [0.1, 0.15) is 12.7 Å². The molecule has 1 N–H and O–H groups in total. The second kappa shape index (κ2) is 6.32. The van der Waals surface area contributed by atoms with Gasteiger partial charge >= 0.3 is 0 Å². The average molecular weight is 298 g/mol. The molecule has 0 bridgehead atoms. The van der Waals surface area contributed by atoms with E-state index >= 15 is 0 Å². The summed E-state index contributed by atoms with van der Waals surface area (Å²) in [4.78, 5) is 15.7. The van der Waals surface area contributed by atoms with Crippen LogP contribution in [0.15, 0.2) is 53.7 Å². The van der Waals surface area contributed by atoms with E-state index in [0.29, 0.717) is 18.7 Å². The van der Waals surface area contributed by atoms with Crippen molar-refractivity contribution in [3.63, 3.8) is 0 Å². The standard InChI is InChI=1S/C15H14N4OS/c20-15(14-5-6-21-9-14)17-7-12-1-3-13(4-2-12)8-19-11-16-10-18-19/h1-6,9-11H,7-8H2,(H,17,20). The van der Waals surface area contributed by atoms with Crippen molar-refractivity contribution >= 4 is 17.2 Å². The fraction of sp³-hybridized carbons (Fsp3) is 0.133. The van der Waals surface area contributed by atoms with Crippen molar-refractivity contribution in [3.8, 4) is 0 Å². The molecule has 6 heteroatoms. The summed E-state index contributed by atoms with van der Waals surface area (Å²) in [5.41, 5.74) is 2.93. The Hall–Kier alpha value is -2.47.